The van der Waals surface area contributed by atoms with Crippen molar-refractivity contribution in [3.8, 4) is 22.8 Å². The van der Waals surface area contributed by atoms with Gasteiger partial charge in [-0.25, -0.2) is 14.5 Å². The molecular weight excluding hydrogens is 530 g/mol. The molecule has 0 aliphatic carbocycles. The number of para-hydroxylation sites is 1. The van der Waals surface area contributed by atoms with E-state index in [1.807, 2.05) is 24.3 Å². The molecule has 0 aliphatic rings. The van der Waals surface area contributed by atoms with Crippen LogP contribution in [-0.2, 0) is 6.42 Å². The third kappa shape index (κ3) is 7.37. The average molecular weight is 550 g/mol. The predicted molar refractivity (Wildman–Crippen MR) is 135 cm³/mol. The van der Waals surface area contributed by atoms with Crippen LogP contribution < -0.4 is 15.4 Å². The van der Waals surface area contributed by atoms with Crippen LogP contribution in [0.1, 0.15) is 12.0 Å². The Kier molecular flexibility index (Phi) is 8.20. The minimum absolute atomic E-state index is 0.312. The van der Waals surface area contributed by atoms with Crippen molar-refractivity contribution in [1.29, 1.82) is 0 Å². The van der Waals surface area contributed by atoms with Crippen molar-refractivity contribution in [1.82, 2.24) is 20.1 Å². The number of hydrogen-bond donors (Lipinski definition) is 2. The molecule has 0 fully saturated rings. The van der Waals surface area contributed by atoms with Crippen molar-refractivity contribution in [3.63, 3.8) is 0 Å². The summed E-state index contributed by atoms with van der Waals surface area (Å²) in [6.07, 6.45) is -1.81. The van der Waals surface area contributed by atoms with E-state index in [9.17, 15) is 18.0 Å². The maximum atomic E-state index is 12.3. The summed E-state index contributed by atoms with van der Waals surface area (Å²) in [4.78, 5) is 16.4. The molecule has 2 N–H and O–H groups in total. The molecule has 0 saturated heterocycles. The Balaban J connectivity index is 1.26. The summed E-state index contributed by atoms with van der Waals surface area (Å²) >= 11 is 12.1. The number of amides is 2. The van der Waals surface area contributed by atoms with E-state index in [4.69, 9.17) is 23.2 Å². The summed E-state index contributed by atoms with van der Waals surface area (Å²) in [5, 5.41) is 10.5. The van der Waals surface area contributed by atoms with Crippen molar-refractivity contribution >= 4 is 34.9 Å². The normalized spacial score (nSPS) is 11.3. The maximum absolute atomic E-state index is 12.3. The summed E-state index contributed by atoms with van der Waals surface area (Å²) in [6.45, 7) is 0.453. The number of aryl methyl sites for hydroxylation is 1. The van der Waals surface area contributed by atoms with Crippen LogP contribution in [0.5, 0.6) is 5.75 Å². The van der Waals surface area contributed by atoms with Gasteiger partial charge in [-0.05, 0) is 54.8 Å². The second kappa shape index (κ2) is 11.5. The van der Waals surface area contributed by atoms with E-state index in [2.05, 4.69) is 25.5 Å². The summed E-state index contributed by atoms with van der Waals surface area (Å²) in [6, 6.07) is 17.6. The molecular formula is C25H20Cl2F3N5O2. The van der Waals surface area contributed by atoms with Crippen LogP contribution in [0, 0.1) is 0 Å². The van der Waals surface area contributed by atoms with Crippen LogP contribution in [-0.4, -0.2) is 33.7 Å². The number of hydrogen-bond acceptors (Lipinski definition) is 4. The quantitative estimate of drug-likeness (QED) is 0.234. The standard InChI is InChI=1S/C25H20Cl2F3N5O2/c26-20-4-1-5-21(27)22(20)33-24(36)31-14-2-3-16-6-8-17(9-7-16)23-32-15-35(34-23)18-10-12-19(13-11-18)37-25(28,29)30/h1,4-13,15H,2-3,14H2,(H2,31,33,36). The number of halogens is 5. The van der Waals surface area contributed by atoms with Gasteiger partial charge in [0.1, 0.15) is 12.1 Å². The average Bonchev–Trinajstić information content (AvgIpc) is 3.34. The molecule has 1 aromatic heterocycles. The molecule has 0 aliphatic heterocycles. The van der Waals surface area contributed by atoms with Gasteiger partial charge < -0.3 is 15.4 Å². The van der Waals surface area contributed by atoms with Gasteiger partial charge in [0, 0.05) is 12.1 Å². The highest BCUT2D eigenvalue weighted by Gasteiger charge is 2.31. The second-order valence-electron chi connectivity index (χ2n) is 7.83. The molecule has 192 valence electrons. The summed E-state index contributed by atoms with van der Waals surface area (Å²) < 4.78 is 42.3. The summed E-state index contributed by atoms with van der Waals surface area (Å²) in [7, 11) is 0. The number of rotatable bonds is 8. The first kappa shape index (κ1) is 26.3. The fraction of sp³-hybridized carbons (Fsp3) is 0.160. The zero-order chi connectivity index (χ0) is 26.4. The van der Waals surface area contributed by atoms with E-state index in [1.165, 1.54) is 35.3 Å². The van der Waals surface area contributed by atoms with Crippen molar-refractivity contribution in [2.75, 3.05) is 11.9 Å². The third-order valence-electron chi connectivity index (χ3n) is 5.17. The molecule has 7 nitrogen and oxygen atoms in total. The first-order valence-electron chi connectivity index (χ1n) is 11.0. The lowest BCUT2D eigenvalue weighted by molar-refractivity contribution is -0.274. The SMILES string of the molecule is O=C(NCCCc1ccc(-c2ncn(-c3ccc(OC(F)(F)F)cc3)n2)cc1)Nc1c(Cl)cccc1Cl. The Bertz CT molecular complexity index is 1340. The Morgan fingerprint density at radius 1 is 0.973 bits per heavy atom. The molecule has 4 rings (SSSR count). The van der Waals surface area contributed by atoms with Gasteiger partial charge in [0.25, 0.3) is 0 Å². The number of benzene rings is 3. The number of aromatic nitrogens is 3. The van der Waals surface area contributed by atoms with Gasteiger partial charge >= 0.3 is 12.4 Å². The lowest BCUT2D eigenvalue weighted by Gasteiger charge is -2.10. The number of carbonyl (C=O) groups excluding carboxylic acids is 1. The van der Waals surface area contributed by atoms with Gasteiger partial charge in [0.05, 0.1) is 21.4 Å². The molecule has 0 unspecified atom stereocenters. The topological polar surface area (TPSA) is 81.1 Å². The highest BCUT2D eigenvalue weighted by molar-refractivity contribution is 6.39. The molecule has 1 heterocycles. The largest absolute Gasteiger partial charge is 0.573 e. The minimum Gasteiger partial charge on any atom is -0.406 e. The molecule has 37 heavy (non-hydrogen) atoms. The number of nitrogens with zero attached hydrogens (tertiary/aromatic N) is 3. The number of ether oxygens (including phenoxy) is 1. The Morgan fingerprint density at radius 3 is 2.30 bits per heavy atom. The lowest BCUT2D eigenvalue weighted by atomic mass is 10.1. The van der Waals surface area contributed by atoms with E-state index in [0.29, 0.717) is 40.2 Å². The van der Waals surface area contributed by atoms with Crippen LogP contribution in [0.25, 0.3) is 17.1 Å². The van der Waals surface area contributed by atoms with Gasteiger partial charge in [0.2, 0.25) is 0 Å². The van der Waals surface area contributed by atoms with Crippen LogP contribution in [0.15, 0.2) is 73.1 Å². The Labute approximate surface area is 220 Å². The second-order valence-corrected chi connectivity index (χ2v) is 8.65. The van der Waals surface area contributed by atoms with Gasteiger partial charge in [-0.3, -0.25) is 0 Å². The Morgan fingerprint density at radius 2 is 1.65 bits per heavy atom. The first-order valence-corrected chi connectivity index (χ1v) is 11.8. The summed E-state index contributed by atoms with van der Waals surface area (Å²) in [5.74, 6) is 0.159. The van der Waals surface area contributed by atoms with E-state index in [-0.39, 0.29) is 5.75 Å². The lowest BCUT2D eigenvalue weighted by Crippen LogP contribution is -2.30. The molecule has 3 aromatic carbocycles. The summed E-state index contributed by atoms with van der Waals surface area (Å²) in [5.41, 5.74) is 2.76. The molecule has 0 atom stereocenters. The fourth-order valence-electron chi connectivity index (χ4n) is 3.41. The Hall–Kier alpha value is -3.76. The molecule has 0 radical (unpaired) electrons. The fourth-order valence-corrected chi connectivity index (χ4v) is 3.90. The van der Waals surface area contributed by atoms with E-state index >= 15 is 0 Å². The van der Waals surface area contributed by atoms with Gasteiger partial charge in [-0.1, -0.05) is 53.5 Å². The highest BCUT2D eigenvalue weighted by Crippen LogP contribution is 2.29. The number of carbonyl (C=O) groups is 1. The van der Waals surface area contributed by atoms with Crippen LogP contribution >= 0.6 is 23.2 Å². The van der Waals surface area contributed by atoms with Gasteiger partial charge in [-0.15, -0.1) is 18.3 Å². The van der Waals surface area contributed by atoms with Crippen LogP contribution in [0.2, 0.25) is 10.0 Å². The number of nitrogens with one attached hydrogen (secondary N) is 2. The first-order chi connectivity index (χ1) is 17.7. The zero-order valence-electron chi connectivity index (χ0n) is 19.1. The van der Waals surface area contributed by atoms with Crippen molar-refractivity contribution in [2.24, 2.45) is 0 Å². The van der Waals surface area contributed by atoms with Crippen molar-refractivity contribution < 1.29 is 22.7 Å². The van der Waals surface area contributed by atoms with Crippen molar-refractivity contribution in [3.05, 3.63) is 88.7 Å². The van der Waals surface area contributed by atoms with E-state index in [1.54, 1.807) is 18.2 Å². The van der Waals surface area contributed by atoms with Gasteiger partial charge in [-0.2, -0.15) is 0 Å². The van der Waals surface area contributed by atoms with Gasteiger partial charge in [0.15, 0.2) is 5.82 Å². The number of anilines is 1. The maximum Gasteiger partial charge on any atom is 0.573 e. The zero-order valence-corrected chi connectivity index (χ0v) is 20.6. The van der Waals surface area contributed by atoms with Crippen molar-refractivity contribution in [2.45, 2.75) is 19.2 Å². The molecule has 0 spiro atoms. The minimum atomic E-state index is -4.74. The number of alkyl halides is 3. The van der Waals surface area contributed by atoms with Crippen LogP contribution in [0.3, 0.4) is 0 Å². The number of urea groups is 1. The van der Waals surface area contributed by atoms with E-state index in [0.717, 1.165) is 17.5 Å². The molecule has 4 aromatic rings. The monoisotopic (exact) mass is 549 g/mol. The third-order valence-corrected chi connectivity index (χ3v) is 5.80. The van der Waals surface area contributed by atoms with E-state index < -0.39 is 12.4 Å². The van der Waals surface area contributed by atoms with Crippen LogP contribution in [0.4, 0.5) is 23.7 Å². The molecule has 2 amide bonds. The molecule has 0 bridgehead atoms. The molecule has 12 heteroatoms. The smallest absolute Gasteiger partial charge is 0.406 e. The molecule has 0 saturated carbocycles. The highest BCUT2D eigenvalue weighted by atomic mass is 35.5. The predicted octanol–water partition coefficient (Wildman–Crippen LogP) is 6.89.